The number of rotatable bonds is 9. The van der Waals surface area contributed by atoms with Crippen LogP contribution < -0.4 is 10.1 Å². The summed E-state index contributed by atoms with van der Waals surface area (Å²) >= 11 is 0. The monoisotopic (exact) mass is 419 g/mol. The molecule has 0 heterocycles. The van der Waals surface area contributed by atoms with Crippen LogP contribution in [0.15, 0.2) is 53.4 Å². The van der Waals surface area contributed by atoms with Crippen molar-refractivity contribution in [2.45, 2.75) is 49.4 Å². The number of sulfone groups is 1. The maximum Gasteiger partial charge on any atom is 0.224 e. The molecule has 1 atom stereocenters. The van der Waals surface area contributed by atoms with Gasteiger partial charge >= 0.3 is 0 Å². The lowest BCUT2D eigenvalue weighted by Gasteiger charge is -2.24. The van der Waals surface area contributed by atoms with Crippen LogP contribution in [0.4, 0.5) is 0 Å². The maximum atomic E-state index is 12.2. The van der Waals surface area contributed by atoms with Gasteiger partial charge in [-0.2, -0.15) is 0 Å². The molecule has 0 aliphatic heterocycles. The molecule has 2 aromatic rings. The van der Waals surface area contributed by atoms with E-state index in [0.29, 0.717) is 12.0 Å². The number of nitrogens with one attached hydrogen (secondary N) is 1. The molecule has 0 fully saturated rings. The number of hydrogen-bond donors (Lipinski definition) is 2. The van der Waals surface area contributed by atoms with E-state index in [9.17, 15) is 18.3 Å². The first-order valence-corrected chi connectivity index (χ1v) is 11.0. The Bertz CT molecular complexity index is 917. The van der Waals surface area contributed by atoms with Crippen molar-refractivity contribution in [2.75, 3.05) is 13.7 Å². The SMILES string of the molecule is COc1ccc(CC(C)(O)CNC(=O)Cc2ccc(S(=O)(=O)C(C)C)cc2)cc1. The van der Waals surface area contributed by atoms with Crippen LogP contribution in [0.5, 0.6) is 5.75 Å². The van der Waals surface area contributed by atoms with Crippen molar-refractivity contribution < 1.29 is 23.1 Å². The molecule has 7 heteroatoms. The van der Waals surface area contributed by atoms with E-state index in [-0.39, 0.29) is 23.8 Å². The van der Waals surface area contributed by atoms with E-state index < -0.39 is 20.7 Å². The van der Waals surface area contributed by atoms with Gasteiger partial charge in [-0.25, -0.2) is 8.42 Å². The third-order valence-electron chi connectivity index (χ3n) is 4.65. The molecular formula is C22H29NO5S. The first-order chi connectivity index (χ1) is 13.5. The maximum absolute atomic E-state index is 12.2. The van der Waals surface area contributed by atoms with Gasteiger partial charge in [-0.3, -0.25) is 4.79 Å². The van der Waals surface area contributed by atoms with Crippen molar-refractivity contribution in [3.05, 3.63) is 59.7 Å². The van der Waals surface area contributed by atoms with E-state index in [1.54, 1.807) is 40.0 Å². The highest BCUT2D eigenvalue weighted by atomic mass is 32.2. The second-order valence-corrected chi connectivity index (χ2v) is 10.2. The van der Waals surface area contributed by atoms with Gasteiger partial charge in [0.05, 0.1) is 29.3 Å². The van der Waals surface area contributed by atoms with E-state index in [4.69, 9.17) is 4.74 Å². The minimum Gasteiger partial charge on any atom is -0.497 e. The van der Waals surface area contributed by atoms with Crippen molar-refractivity contribution in [3.8, 4) is 5.75 Å². The molecule has 0 saturated heterocycles. The number of benzene rings is 2. The van der Waals surface area contributed by atoms with Gasteiger partial charge in [0.25, 0.3) is 0 Å². The molecule has 1 unspecified atom stereocenters. The fourth-order valence-electron chi connectivity index (χ4n) is 2.85. The molecule has 158 valence electrons. The molecule has 6 nitrogen and oxygen atoms in total. The van der Waals surface area contributed by atoms with E-state index in [1.807, 2.05) is 24.3 Å². The average molecular weight is 420 g/mol. The van der Waals surface area contributed by atoms with Gasteiger partial charge in [0.1, 0.15) is 5.75 Å². The number of aliphatic hydroxyl groups is 1. The highest BCUT2D eigenvalue weighted by molar-refractivity contribution is 7.92. The summed E-state index contributed by atoms with van der Waals surface area (Å²) in [5, 5.41) is 12.8. The topological polar surface area (TPSA) is 92.7 Å². The first-order valence-electron chi connectivity index (χ1n) is 9.48. The van der Waals surface area contributed by atoms with Crippen LogP contribution >= 0.6 is 0 Å². The quantitative estimate of drug-likeness (QED) is 0.652. The van der Waals surface area contributed by atoms with Crippen molar-refractivity contribution >= 4 is 15.7 Å². The summed E-state index contributed by atoms with van der Waals surface area (Å²) in [7, 11) is -1.73. The first kappa shape index (κ1) is 22.9. The van der Waals surface area contributed by atoms with Crippen LogP contribution in [0, 0.1) is 0 Å². The zero-order chi connectivity index (χ0) is 21.7. The number of amides is 1. The highest BCUT2D eigenvalue weighted by Gasteiger charge is 2.22. The van der Waals surface area contributed by atoms with Crippen LogP contribution in [0.2, 0.25) is 0 Å². The van der Waals surface area contributed by atoms with Crippen molar-refractivity contribution in [2.24, 2.45) is 0 Å². The molecule has 0 bridgehead atoms. The Morgan fingerprint density at radius 2 is 1.62 bits per heavy atom. The summed E-state index contributed by atoms with van der Waals surface area (Å²) in [6.07, 6.45) is 0.500. The van der Waals surface area contributed by atoms with Gasteiger partial charge in [-0.05, 0) is 56.2 Å². The summed E-state index contributed by atoms with van der Waals surface area (Å²) in [6, 6.07) is 13.7. The molecule has 0 aliphatic rings. The molecule has 2 N–H and O–H groups in total. The number of carbonyl (C=O) groups excluding carboxylic acids is 1. The fraction of sp³-hybridized carbons (Fsp3) is 0.409. The number of methoxy groups -OCH3 is 1. The molecule has 0 spiro atoms. The molecule has 0 aromatic heterocycles. The summed E-state index contributed by atoms with van der Waals surface area (Å²) < 4.78 is 29.4. The van der Waals surface area contributed by atoms with Gasteiger partial charge in [0.2, 0.25) is 5.91 Å². The van der Waals surface area contributed by atoms with Crippen LogP contribution in [-0.4, -0.2) is 43.9 Å². The average Bonchev–Trinajstić information content (AvgIpc) is 2.67. The summed E-state index contributed by atoms with van der Waals surface area (Å²) in [5.74, 6) is 0.508. The molecule has 2 aromatic carbocycles. The Morgan fingerprint density at radius 1 is 1.07 bits per heavy atom. The van der Waals surface area contributed by atoms with Gasteiger partial charge < -0.3 is 15.2 Å². The van der Waals surface area contributed by atoms with Gasteiger partial charge in [0.15, 0.2) is 9.84 Å². The minimum atomic E-state index is -3.33. The Labute approximate surface area is 172 Å². The number of ether oxygens (including phenoxy) is 1. The smallest absolute Gasteiger partial charge is 0.224 e. The zero-order valence-electron chi connectivity index (χ0n) is 17.3. The molecule has 0 aliphatic carbocycles. The third-order valence-corrected chi connectivity index (χ3v) is 6.82. The van der Waals surface area contributed by atoms with Crippen LogP contribution in [-0.2, 0) is 27.5 Å². The largest absolute Gasteiger partial charge is 0.497 e. The fourth-order valence-corrected chi connectivity index (χ4v) is 3.91. The number of hydrogen-bond acceptors (Lipinski definition) is 5. The van der Waals surface area contributed by atoms with Crippen LogP contribution in [0.25, 0.3) is 0 Å². The minimum absolute atomic E-state index is 0.109. The second-order valence-electron chi connectivity index (χ2n) is 7.71. The summed E-state index contributed by atoms with van der Waals surface area (Å²) in [5.41, 5.74) is 0.548. The zero-order valence-corrected chi connectivity index (χ0v) is 18.1. The van der Waals surface area contributed by atoms with Gasteiger partial charge in [0, 0.05) is 13.0 Å². The normalized spacial score (nSPS) is 13.7. The molecular weight excluding hydrogens is 390 g/mol. The van der Waals surface area contributed by atoms with Crippen molar-refractivity contribution in [1.82, 2.24) is 5.32 Å². The van der Waals surface area contributed by atoms with Crippen molar-refractivity contribution in [3.63, 3.8) is 0 Å². The molecule has 29 heavy (non-hydrogen) atoms. The standard InChI is InChI=1S/C22H29NO5S/c1-16(2)29(26,27)20-11-7-17(8-12-20)13-21(24)23-15-22(3,25)14-18-5-9-19(28-4)10-6-18/h5-12,16,25H,13-15H2,1-4H3,(H,23,24). The van der Waals surface area contributed by atoms with Gasteiger partial charge in [-0.1, -0.05) is 24.3 Å². The molecule has 0 saturated carbocycles. The Kier molecular flexibility index (Phi) is 7.43. The Balaban J connectivity index is 1.89. The lowest BCUT2D eigenvalue weighted by Crippen LogP contribution is -2.42. The van der Waals surface area contributed by atoms with Crippen LogP contribution in [0.1, 0.15) is 31.9 Å². The van der Waals surface area contributed by atoms with E-state index in [2.05, 4.69) is 5.32 Å². The Hall–Kier alpha value is -2.38. The summed E-state index contributed by atoms with van der Waals surface area (Å²) in [4.78, 5) is 12.5. The summed E-state index contributed by atoms with van der Waals surface area (Å²) in [6.45, 7) is 5.05. The Morgan fingerprint density at radius 3 is 2.14 bits per heavy atom. The predicted molar refractivity (Wildman–Crippen MR) is 113 cm³/mol. The lowest BCUT2D eigenvalue weighted by molar-refractivity contribution is -0.121. The van der Waals surface area contributed by atoms with E-state index in [1.165, 1.54) is 12.1 Å². The molecule has 2 rings (SSSR count). The molecule has 0 radical (unpaired) electrons. The second kappa shape index (κ2) is 9.41. The van der Waals surface area contributed by atoms with E-state index >= 15 is 0 Å². The van der Waals surface area contributed by atoms with E-state index in [0.717, 1.165) is 11.3 Å². The lowest BCUT2D eigenvalue weighted by atomic mass is 9.96. The number of carbonyl (C=O) groups is 1. The predicted octanol–water partition coefficient (Wildman–Crippen LogP) is 2.53. The third kappa shape index (κ3) is 6.58. The van der Waals surface area contributed by atoms with Crippen molar-refractivity contribution in [1.29, 1.82) is 0 Å². The van der Waals surface area contributed by atoms with Crippen LogP contribution in [0.3, 0.4) is 0 Å². The molecule has 1 amide bonds. The van der Waals surface area contributed by atoms with Gasteiger partial charge in [-0.15, -0.1) is 0 Å². The highest BCUT2D eigenvalue weighted by Crippen LogP contribution is 2.18.